The first kappa shape index (κ1) is 16.2. The fraction of sp³-hybridized carbons (Fsp3) is 0.500. The van der Waals surface area contributed by atoms with Crippen LogP contribution in [0.1, 0.15) is 43.6 Å². The van der Waals surface area contributed by atoms with Crippen LogP contribution in [0.5, 0.6) is 11.5 Å². The number of nitrogens with one attached hydrogen (secondary N) is 1. The van der Waals surface area contributed by atoms with Gasteiger partial charge in [-0.15, -0.1) is 0 Å². The molecule has 1 amide bonds. The fourth-order valence-corrected chi connectivity index (χ4v) is 3.52. The van der Waals surface area contributed by atoms with Crippen molar-refractivity contribution in [2.24, 2.45) is 0 Å². The molecule has 1 heterocycles. The molecule has 1 fully saturated rings. The smallest absolute Gasteiger partial charge is 0.243 e. The lowest BCUT2D eigenvalue weighted by molar-refractivity contribution is -0.117. The number of fused-ring (bicyclic) bond motifs is 1. The molecular weight excluding hydrogens is 314 g/mol. The van der Waals surface area contributed by atoms with Crippen LogP contribution in [0.15, 0.2) is 30.9 Å². The van der Waals surface area contributed by atoms with Crippen LogP contribution in [0.4, 0.5) is 0 Å². The Morgan fingerprint density at radius 1 is 1.30 bits per heavy atom. The predicted molar refractivity (Wildman–Crippen MR) is 90.2 cm³/mol. The first-order chi connectivity index (χ1) is 11.2. The Bertz CT molecular complexity index is 590. The van der Waals surface area contributed by atoms with Gasteiger partial charge in [0.15, 0.2) is 17.1 Å². The molecule has 5 heteroatoms. The normalized spacial score (nSPS) is 26.9. The molecule has 3 rings (SSSR count). The fourth-order valence-electron chi connectivity index (χ4n) is 3.33. The second-order valence-corrected chi connectivity index (χ2v) is 6.63. The van der Waals surface area contributed by atoms with E-state index in [4.69, 9.17) is 21.1 Å². The molecule has 0 aromatic heterocycles. The van der Waals surface area contributed by atoms with Crippen molar-refractivity contribution in [2.75, 3.05) is 6.61 Å². The van der Waals surface area contributed by atoms with Gasteiger partial charge in [0.2, 0.25) is 5.91 Å². The largest absolute Gasteiger partial charge is 0.489 e. The van der Waals surface area contributed by atoms with Gasteiger partial charge in [-0.3, -0.25) is 4.79 Å². The molecule has 1 aliphatic carbocycles. The van der Waals surface area contributed by atoms with Crippen LogP contribution in [0, 0.1) is 0 Å². The summed E-state index contributed by atoms with van der Waals surface area (Å²) < 4.78 is 11.4. The molecule has 0 spiro atoms. The van der Waals surface area contributed by atoms with Crippen LogP contribution in [-0.4, -0.2) is 24.1 Å². The van der Waals surface area contributed by atoms with Crippen molar-refractivity contribution in [1.82, 2.24) is 5.32 Å². The van der Waals surface area contributed by atoms with Crippen LogP contribution in [0.3, 0.4) is 0 Å². The van der Waals surface area contributed by atoms with Crippen LogP contribution in [0.2, 0.25) is 0 Å². The highest BCUT2D eigenvalue weighted by atomic mass is 35.5. The summed E-state index contributed by atoms with van der Waals surface area (Å²) >= 11 is 6.07. The van der Waals surface area contributed by atoms with Crippen LogP contribution >= 0.6 is 11.6 Å². The molecule has 3 unspecified atom stereocenters. The zero-order chi connectivity index (χ0) is 16.2. The van der Waals surface area contributed by atoms with E-state index in [9.17, 15) is 4.79 Å². The molecule has 1 aliphatic heterocycles. The van der Waals surface area contributed by atoms with Gasteiger partial charge in [0.05, 0.1) is 6.61 Å². The molecule has 1 aromatic rings. The predicted octanol–water partition coefficient (Wildman–Crippen LogP) is 3.74. The highest BCUT2D eigenvalue weighted by Crippen LogP contribution is 2.39. The molecule has 0 bridgehead atoms. The zero-order valence-electron chi connectivity index (χ0n) is 13.1. The summed E-state index contributed by atoms with van der Waals surface area (Å²) in [6, 6.07) is 6.30. The Labute approximate surface area is 141 Å². The monoisotopic (exact) mass is 335 g/mol. The summed E-state index contributed by atoms with van der Waals surface area (Å²) in [6.45, 7) is 4.08. The summed E-state index contributed by atoms with van der Waals surface area (Å²) in [4.78, 5) is 11.5. The van der Waals surface area contributed by atoms with Gasteiger partial charge in [0.1, 0.15) is 0 Å². The van der Waals surface area contributed by atoms with Crippen molar-refractivity contribution >= 4 is 17.5 Å². The van der Waals surface area contributed by atoms with E-state index < -0.39 is 0 Å². The Morgan fingerprint density at radius 2 is 2.17 bits per heavy atom. The lowest BCUT2D eigenvalue weighted by atomic mass is 9.81. The van der Waals surface area contributed by atoms with E-state index in [0.29, 0.717) is 24.7 Å². The number of hydrogen-bond acceptors (Lipinski definition) is 3. The summed E-state index contributed by atoms with van der Waals surface area (Å²) in [5.74, 6) is 1.80. The van der Waals surface area contributed by atoms with E-state index >= 15 is 0 Å². The summed E-state index contributed by atoms with van der Waals surface area (Å²) in [7, 11) is 0. The maximum atomic E-state index is 11.5. The third-order valence-electron chi connectivity index (χ3n) is 4.50. The van der Waals surface area contributed by atoms with Gasteiger partial charge in [-0.25, -0.2) is 0 Å². The van der Waals surface area contributed by atoms with Gasteiger partial charge in [-0.2, -0.15) is 0 Å². The van der Waals surface area contributed by atoms with E-state index in [2.05, 4.69) is 24.0 Å². The minimum atomic E-state index is -0.338. The van der Waals surface area contributed by atoms with Crippen molar-refractivity contribution in [1.29, 1.82) is 0 Å². The number of ether oxygens (including phenoxy) is 2. The van der Waals surface area contributed by atoms with E-state index in [0.717, 1.165) is 31.4 Å². The van der Waals surface area contributed by atoms with Crippen LogP contribution < -0.4 is 14.8 Å². The zero-order valence-corrected chi connectivity index (χ0v) is 13.8. The Balaban J connectivity index is 1.72. The number of halogens is 1. The maximum Gasteiger partial charge on any atom is 0.243 e. The molecule has 4 nitrogen and oxygen atoms in total. The second kappa shape index (κ2) is 7.26. The van der Waals surface area contributed by atoms with E-state index in [1.54, 1.807) is 0 Å². The van der Waals surface area contributed by atoms with Gasteiger partial charge >= 0.3 is 0 Å². The Kier molecular flexibility index (Phi) is 5.11. The van der Waals surface area contributed by atoms with Gasteiger partial charge in [0, 0.05) is 12.5 Å². The average Bonchev–Trinajstić information content (AvgIpc) is 2.74. The minimum absolute atomic E-state index is 0.0949. The topological polar surface area (TPSA) is 47.6 Å². The molecule has 1 saturated carbocycles. The van der Waals surface area contributed by atoms with Gasteiger partial charge in [-0.1, -0.05) is 30.7 Å². The van der Waals surface area contributed by atoms with E-state index in [1.807, 2.05) is 6.07 Å². The number of carbonyl (C=O) groups is 1. The van der Waals surface area contributed by atoms with E-state index in [1.165, 1.54) is 11.6 Å². The van der Waals surface area contributed by atoms with Crippen molar-refractivity contribution in [2.45, 2.75) is 49.6 Å². The SMILES string of the molecule is C=CC(=O)NC1CCCC(c2ccc3c(c2)OCCC(Cl)O3)C1. The maximum absolute atomic E-state index is 11.5. The van der Waals surface area contributed by atoms with Crippen molar-refractivity contribution in [3.05, 3.63) is 36.4 Å². The first-order valence-corrected chi connectivity index (χ1v) is 8.59. The molecule has 23 heavy (non-hydrogen) atoms. The van der Waals surface area contributed by atoms with Gasteiger partial charge in [-0.05, 0) is 49.0 Å². The van der Waals surface area contributed by atoms with E-state index in [-0.39, 0.29) is 17.5 Å². The van der Waals surface area contributed by atoms with Gasteiger partial charge < -0.3 is 14.8 Å². The quantitative estimate of drug-likeness (QED) is 0.676. The lowest BCUT2D eigenvalue weighted by Crippen LogP contribution is -2.36. The number of hydrogen-bond donors (Lipinski definition) is 1. The van der Waals surface area contributed by atoms with Crippen molar-refractivity contribution in [3.8, 4) is 11.5 Å². The minimum Gasteiger partial charge on any atom is -0.489 e. The average molecular weight is 336 g/mol. The molecule has 3 atom stereocenters. The molecule has 0 radical (unpaired) electrons. The summed E-state index contributed by atoms with van der Waals surface area (Å²) in [5, 5.41) is 3.02. The number of rotatable bonds is 3. The lowest BCUT2D eigenvalue weighted by Gasteiger charge is -2.30. The van der Waals surface area contributed by atoms with Crippen molar-refractivity contribution in [3.63, 3.8) is 0 Å². The molecule has 1 N–H and O–H groups in total. The van der Waals surface area contributed by atoms with Crippen LogP contribution in [0.25, 0.3) is 0 Å². The number of carbonyl (C=O) groups excluding carboxylic acids is 1. The highest BCUT2D eigenvalue weighted by Gasteiger charge is 2.25. The Morgan fingerprint density at radius 3 is 3.00 bits per heavy atom. The molecule has 124 valence electrons. The van der Waals surface area contributed by atoms with Crippen molar-refractivity contribution < 1.29 is 14.3 Å². The van der Waals surface area contributed by atoms with Gasteiger partial charge in [0.25, 0.3) is 0 Å². The van der Waals surface area contributed by atoms with Crippen LogP contribution in [-0.2, 0) is 4.79 Å². The number of benzene rings is 1. The molecular formula is C18H22ClNO3. The summed E-state index contributed by atoms with van der Waals surface area (Å²) in [5.41, 5.74) is 0.896. The number of alkyl halides is 1. The third-order valence-corrected chi connectivity index (χ3v) is 4.81. The molecule has 1 aromatic carbocycles. The first-order valence-electron chi connectivity index (χ1n) is 8.16. The molecule has 2 aliphatic rings. The number of amides is 1. The highest BCUT2D eigenvalue weighted by molar-refractivity contribution is 6.19. The third kappa shape index (κ3) is 3.99. The second-order valence-electron chi connectivity index (χ2n) is 6.14. The Hall–Kier alpha value is -1.68. The summed E-state index contributed by atoms with van der Waals surface area (Å²) in [6.07, 6.45) is 6.19. The molecule has 0 saturated heterocycles. The standard InChI is InChI=1S/C18H22ClNO3/c1-2-18(21)20-14-5-3-4-12(10-14)13-6-7-15-16(11-13)22-9-8-17(19)23-15/h2,6-7,11-12,14,17H,1,3-5,8-10H2,(H,20,21).